The second-order valence-corrected chi connectivity index (χ2v) is 9.16. The number of fused-ring (bicyclic) bond motifs is 1. The van der Waals surface area contributed by atoms with E-state index >= 15 is 0 Å². The number of sulfone groups is 1. The van der Waals surface area contributed by atoms with Gasteiger partial charge in [-0.15, -0.1) is 0 Å². The van der Waals surface area contributed by atoms with Crippen LogP contribution in [0.25, 0.3) is 10.9 Å². The molecule has 0 amide bonds. The van der Waals surface area contributed by atoms with Crippen LogP contribution in [0.2, 0.25) is 0 Å². The van der Waals surface area contributed by atoms with Gasteiger partial charge in [0.2, 0.25) is 10.0 Å². The van der Waals surface area contributed by atoms with Gasteiger partial charge >= 0.3 is 0 Å². The maximum atomic E-state index is 12.1. The quantitative estimate of drug-likeness (QED) is 0.819. The average Bonchev–Trinajstić information content (AvgIpc) is 2.43. The smallest absolute Gasteiger partial charge is 0.237 e. The first-order valence-electron chi connectivity index (χ1n) is 6.19. The number of aromatic nitrogens is 1. The van der Waals surface area contributed by atoms with Crippen molar-refractivity contribution in [1.82, 2.24) is 4.98 Å². The Kier molecular flexibility index (Phi) is 4.20. The van der Waals surface area contributed by atoms with Crippen molar-refractivity contribution in [1.29, 1.82) is 0 Å². The van der Waals surface area contributed by atoms with Gasteiger partial charge in [0.05, 0.1) is 17.0 Å². The Morgan fingerprint density at radius 2 is 1.67 bits per heavy atom. The fourth-order valence-electron chi connectivity index (χ4n) is 1.77. The van der Waals surface area contributed by atoms with Crippen molar-refractivity contribution in [3.8, 4) is 0 Å². The summed E-state index contributed by atoms with van der Waals surface area (Å²) in [6, 6.07) is 10.7. The van der Waals surface area contributed by atoms with Crippen molar-refractivity contribution in [3.05, 3.63) is 36.4 Å². The molecule has 6 nitrogen and oxygen atoms in total. The number of para-hydroxylation sites is 1. The van der Waals surface area contributed by atoms with Gasteiger partial charge in [-0.2, -0.15) is 0 Å². The summed E-state index contributed by atoms with van der Waals surface area (Å²) < 4.78 is 47.5. The zero-order valence-corrected chi connectivity index (χ0v) is 13.4. The molecular formula is C13H16N2O4S2. The maximum Gasteiger partial charge on any atom is 0.237 e. The van der Waals surface area contributed by atoms with Crippen molar-refractivity contribution in [2.45, 2.75) is 0 Å². The summed E-state index contributed by atoms with van der Waals surface area (Å²) in [6.45, 7) is 0. The lowest BCUT2D eigenvalue weighted by molar-refractivity contribution is 0.589. The van der Waals surface area contributed by atoms with Gasteiger partial charge in [0.1, 0.15) is 15.7 Å². The molecule has 1 aromatic carbocycles. The van der Waals surface area contributed by atoms with Gasteiger partial charge in [-0.05, 0) is 18.2 Å². The van der Waals surface area contributed by atoms with Crippen LogP contribution in [-0.4, -0.2) is 46.6 Å². The summed E-state index contributed by atoms with van der Waals surface area (Å²) in [7, 11) is -5.69. The van der Waals surface area contributed by atoms with Crippen LogP contribution in [0, 0.1) is 0 Å². The number of rotatable bonds is 5. The fourth-order valence-corrected chi connectivity index (χ4v) is 4.48. The molecule has 21 heavy (non-hydrogen) atoms. The molecule has 0 fully saturated rings. The largest absolute Gasteiger partial charge is 0.257 e. The van der Waals surface area contributed by atoms with E-state index in [2.05, 4.69) is 4.98 Å². The molecule has 0 saturated carbocycles. The van der Waals surface area contributed by atoms with Gasteiger partial charge in [-0.1, -0.05) is 18.2 Å². The highest BCUT2D eigenvalue weighted by Gasteiger charge is 2.21. The molecule has 0 atom stereocenters. The third-order valence-corrected chi connectivity index (χ3v) is 5.98. The Morgan fingerprint density at radius 3 is 2.33 bits per heavy atom. The standard InChI is InChI=1S/C13H16N2O4S2/c1-15(21(18,19)10-9-20(2,16)17)13-8-7-11-5-3-4-6-12(11)14-13/h3-8H,9-10H2,1-2H3. The van der Waals surface area contributed by atoms with Crippen molar-refractivity contribution in [2.24, 2.45) is 0 Å². The number of sulfonamides is 1. The topological polar surface area (TPSA) is 84.4 Å². The van der Waals surface area contributed by atoms with E-state index in [1.807, 2.05) is 18.2 Å². The Balaban J connectivity index is 2.30. The van der Waals surface area contributed by atoms with Crippen LogP contribution in [0.3, 0.4) is 0 Å². The van der Waals surface area contributed by atoms with Gasteiger partial charge in [-0.3, -0.25) is 4.31 Å². The van der Waals surface area contributed by atoms with E-state index < -0.39 is 31.4 Å². The molecular weight excluding hydrogens is 312 g/mol. The van der Waals surface area contributed by atoms with E-state index in [4.69, 9.17) is 0 Å². The average molecular weight is 328 g/mol. The Hall–Kier alpha value is -1.67. The first-order chi connectivity index (χ1) is 9.69. The Morgan fingerprint density at radius 1 is 1.00 bits per heavy atom. The minimum atomic E-state index is -3.72. The van der Waals surface area contributed by atoms with Crippen molar-refractivity contribution in [3.63, 3.8) is 0 Å². The summed E-state index contributed by atoms with van der Waals surface area (Å²) in [5.74, 6) is -0.605. The second kappa shape index (κ2) is 5.61. The van der Waals surface area contributed by atoms with Crippen molar-refractivity contribution in [2.75, 3.05) is 29.1 Å². The van der Waals surface area contributed by atoms with Crippen molar-refractivity contribution < 1.29 is 16.8 Å². The molecule has 8 heteroatoms. The second-order valence-electron chi connectivity index (χ2n) is 4.78. The van der Waals surface area contributed by atoms with Crippen LogP contribution in [0.15, 0.2) is 36.4 Å². The van der Waals surface area contributed by atoms with E-state index in [0.29, 0.717) is 5.52 Å². The van der Waals surface area contributed by atoms with Crippen LogP contribution in [-0.2, 0) is 19.9 Å². The normalized spacial score (nSPS) is 12.5. The highest BCUT2D eigenvalue weighted by Crippen LogP contribution is 2.19. The molecule has 114 valence electrons. The van der Waals surface area contributed by atoms with Crippen LogP contribution in [0.1, 0.15) is 0 Å². The Labute approximate surface area is 124 Å². The van der Waals surface area contributed by atoms with Gasteiger partial charge in [0, 0.05) is 18.7 Å². The maximum absolute atomic E-state index is 12.1. The van der Waals surface area contributed by atoms with E-state index in [1.165, 1.54) is 7.05 Å². The molecule has 1 aromatic heterocycles. The van der Waals surface area contributed by atoms with Gasteiger partial charge in [0.25, 0.3) is 0 Å². The molecule has 0 aliphatic rings. The lowest BCUT2D eigenvalue weighted by Crippen LogP contribution is -2.32. The zero-order valence-electron chi connectivity index (χ0n) is 11.7. The van der Waals surface area contributed by atoms with Crippen LogP contribution in [0.5, 0.6) is 0 Å². The molecule has 0 N–H and O–H groups in total. The third kappa shape index (κ3) is 3.92. The molecule has 0 saturated heterocycles. The predicted octanol–water partition coefficient (Wildman–Crippen LogP) is 1.05. The summed E-state index contributed by atoms with van der Waals surface area (Å²) in [4.78, 5) is 4.28. The van der Waals surface area contributed by atoms with Crippen molar-refractivity contribution >= 4 is 36.6 Å². The molecule has 0 spiro atoms. The van der Waals surface area contributed by atoms with E-state index in [9.17, 15) is 16.8 Å². The Bertz CT molecular complexity index is 861. The highest BCUT2D eigenvalue weighted by atomic mass is 32.2. The SMILES string of the molecule is CN(c1ccc2ccccc2n1)S(=O)(=O)CCS(C)(=O)=O. The molecule has 0 radical (unpaired) electrons. The highest BCUT2D eigenvalue weighted by molar-refractivity contribution is 7.95. The molecule has 2 aromatic rings. The summed E-state index contributed by atoms with van der Waals surface area (Å²) in [6.07, 6.45) is 1.01. The van der Waals surface area contributed by atoms with Gasteiger partial charge in [0.15, 0.2) is 0 Å². The lowest BCUT2D eigenvalue weighted by atomic mass is 10.2. The number of hydrogen-bond acceptors (Lipinski definition) is 5. The third-order valence-electron chi connectivity index (χ3n) is 3.04. The molecule has 2 rings (SSSR count). The van der Waals surface area contributed by atoms with E-state index in [-0.39, 0.29) is 5.82 Å². The monoisotopic (exact) mass is 328 g/mol. The van der Waals surface area contributed by atoms with E-state index in [0.717, 1.165) is 15.9 Å². The zero-order chi connectivity index (χ0) is 15.7. The molecule has 0 bridgehead atoms. The predicted molar refractivity (Wildman–Crippen MR) is 83.6 cm³/mol. The lowest BCUT2D eigenvalue weighted by Gasteiger charge is -2.18. The molecule has 0 aliphatic heterocycles. The number of benzene rings is 1. The number of pyridine rings is 1. The minimum absolute atomic E-state index is 0.266. The first-order valence-corrected chi connectivity index (χ1v) is 9.86. The summed E-state index contributed by atoms with van der Waals surface area (Å²) in [5.41, 5.74) is 0.681. The summed E-state index contributed by atoms with van der Waals surface area (Å²) >= 11 is 0. The van der Waals surface area contributed by atoms with Crippen LogP contribution < -0.4 is 4.31 Å². The van der Waals surface area contributed by atoms with Crippen LogP contribution >= 0.6 is 0 Å². The molecule has 0 aliphatic carbocycles. The minimum Gasteiger partial charge on any atom is -0.257 e. The van der Waals surface area contributed by atoms with E-state index in [1.54, 1.807) is 18.2 Å². The number of anilines is 1. The fraction of sp³-hybridized carbons (Fsp3) is 0.308. The molecule has 1 heterocycles. The number of nitrogens with zero attached hydrogens (tertiary/aromatic N) is 2. The first kappa shape index (κ1) is 15.7. The molecule has 0 unspecified atom stereocenters. The number of hydrogen-bond donors (Lipinski definition) is 0. The summed E-state index contributed by atoms with van der Waals surface area (Å²) in [5, 5.41) is 0.906. The van der Waals surface area contributed by atoms with Gasteiger partial charge < -0.3 is 0 Å². The van der Waals surface area contributed by atoms with Gasteiger partial charge in [-0.25, -0.2) is 21.8 Å². The van der Waals surface area contributed by atoms with Crippen LogP contribution in [0.4, 0.5) is 5.82 Å².